The van der Waals surface area contributed by atoms with E-state index in [1.54, 1.807) is 0 Å². The number of hydrogen-bond donors (Lipinski definition) is 2. The summed E-state index contributed by atoms with van der Waals surface area (Å²) in [5, 5.41) is 4.54. The van der Waals surface area contributed by atoms with Crippen LogP contribution in [0, 0.1) is 0 Å². The van der Waals surface area contributed by atoms with Crippen LogP contribution in [0.3, 0.4) is 0 Å². The lowest BCUT2D eigenvalue weighted by molar-refractivity contribution is 0.362. The maximum Gasteiger partial charge on any atom is 0.159 e. The van der Waals surface area contributed by atoms with E-state index in [1.165, 1.54) is 5.17 Å². The number of nitrogens with zero attached hydrogens (tertiary/aromatic N) is 2. The average Bonchev–Trinajstić information content (AvgIpc) is 2.67. The van der Waals surface area contributed by atoms with Crippen LogP contribution in [-0.2, 0) is 0 Å². The van der Waals surface area contributed by atoms with Crippen molar-refractivity contribution in [3.63, 3.8) is 0 Å². The largest absolute Gasteiger partial charge is 0.349 e. The van der Waals surface area contributed by atoms with Gasteiger partial charge in [-0.1, -0.05) is 11.8 Å². The fraction of sp³-hybridized carbons (Fsp3) is 0.875. The quantitative estimate of drug-likeness (QED) is 0.589. The molecule has 13 heavy (non-hydrogen) atoms. The van der Waals surface area contributed by atoms with E-state index in [2.05, 4.69) is 15.2 Å². The van der Waals surface area contributed by atoms with Gasteiger partial charge in [-0.3, -0.25) is 4.99 Å². The van der Waals surface area contributed by atoms with Crippen LogP contribution in [0.4, 0.5) is 0 Å². The van der Waals surface area contributed by atoms with Crippen LogP contribution in [0.1, 0.15) is 0 Å². The molecule has 0 amide bonds. The van der Waals surface area contributed by atoms with Gasteiger partial charge in [-0.2, -0.15) is 0 Å². The van der Waals surface area contributed by atoms with Gasteiger partial charge in [0.2, 0.25) is 0 Å². The first-order valence-electron chi connectivity index (χ1n) is 4.76. The predicted octanol–water partition coefficient (Wildman–Crippen LogP) is -0.678. The Morgan fingerprint density at radius 2 is 2.31 bits per heavy atom. The summed E-state index contributed by atoms with van der Waals surface area (Å²) in [5.41, 5.74) is 5.57. The number of piperazine rings is 1. The SMILES string of the molecule is NCC1CSC(N2CCNCC2)=N1. The fourth-order valence-electron chi connectivity index (χ4n) is 1.55. The molecule has 1 unspecified atom stereocenters. The van der Waals surface area contributed by atoms with E-state index >= 15 is 0 Å². The van der Waals surface area contributed by atoms with Crippen LogP contribution in [-0.4, -0.2) is 54.6 Å². The average molecular weight is 200 g/mol. The van der Waals surface area contributed by atoms with Crippen molar-refractivity contribution in [2.45, 2.75) is 6.04 Å². The van der Waals surface area contributed by atoms with Gasteiger partial charge in [-0.15, -0.1) is 0 Å². The van der Waals surface area contributed by atoms with Gasteiger partial charge >= 0.3 is 0 Å². The minimum Gasteiger partial charge on any atom is -0.349 e. The Kier molecular flexibility index (Phi) is 3.08. The molecule has 0 radical (unpaired) electrons. The minimum atomic E-state index is 0.356. The number of rotatable bonds is 1. The molecule has 4 nitrogen and oxygen atoms in total. The molecule has 0 saturated carbocycles. The van der Waals surface area contributed by atoms with Crippen molar-refractivity contribution in [2.75, 3.05) is 38.5 Å². The second kappa shape index (κ2) is 4.30. The van der Waals surface area contributed by atoms with Gasteiger partial charge in [0.1, 0.15) is 0 Å². The van der Waals surface area contributed by atoms with Crippen molar-refractivity contribution in [3.05, 3.63) is 0 Å². The van der Waals surface area contributed by atoms with Gasteiger partial charge in [0.05, 0.1) is 6.04 Å². The minimum absolute atomic E-state index is 0.356. The summed E-state index contributed by atoms with van der Waals surface area (Å²) in [6.45, 7) is 5.01. The number of nitrogens with one attached hydrogen (secondary N) is 1. The van der Waals surface area contributed by atoms with Gasteiger partial charge in [0.15, 0.2) is 5.17 Å². The summed E-state index contributed by atoms with van der Waals surface area (Å²) < 4.78 is 0. The number of nitrogens with two attached hydrogens (primary N) is 1. The molecule has 5 heteroatoms. The number of amidine groups is 1. The third-order valence-corrected chi connectivity index (χ3v) is 3.53. The fourth-order valence-corrected chi connectivity index (χ4v) is 2.69. The Morgan fingerprint density at radius 3 is 2.92 bits per heavy atom. The highest BCUT2D eigenvalue weighted by molar-refractivity contribution is 8.14. The van der Waals surface area contributed by atoms with E-state index in [0.29, 0.717) is 12.6 Å². The van der Waals surface area contributed by atoms with E-state index in [0.717, 1.165) is 31.9 Å². The van der Waals surface area contributed by atoms with Crippen LogP contribution < -0.4 is 11.1 Å². The molecule has 2 heterocycles. The lowest BCUT2D eigenvalue weighted by Crippen LogP contribution is -2.45. The van der Waals surface area contributed by atoms with Gasteiger partial charge in [0.25, 0.3) is 0 Å². The molecule has 0 aliphatic carbocycles. The molecule has 1 saturated heterocycles. The van der Waals surface area contributed by atoms with Gasteiger partial charge in [-0.25, -0.2) is 0 Å². The Labute approximate surface area is 83.0 Å². The molecule has 2 rings (SSSR count). The second-order valence-electron chi connectivity index (χ2n) is 3.35. The topological polar surface area (TPSA) is 53.6 Å². The summed E-state index contributed by atoms with van der Waals surface area (Å²) in [5.74, 6) is 1.07. The Hall–Kier alpha value is -0.260. The molecular formula is C8H16N4S. The first-order valence-corrected chi connectivity index (χ1v) is 5.75. The summed E-state index contributed by atoms with van der Waals surface area (Å²) in [4.78, 5) is 6.94. The van der Waals surface area contributed by atoms with Crippen LogP contribution >= 0.6 is 11.8 Å². The van der Waals surface area contributed by atoms with Crippen molar-refractivity contribution in [3.8, 4) is 0 Å². The van der Waals surface area contributed by atoms with Crippen LogP contribution in [0.15, 0.2) is 4.99 Å². The van der Waals surface area contributed by atoms with Gasteiger partial charge in [-0.05, 0) is 0 Å². The second-order valence-corrected chi connectivity index (χ2v) is 4.34. The normalized spacial score (nSPS) is 29.2. The molecule has 0 bridgehead atoms. The smallest absolute Gasteiger partial charge is 0.159 e. The molecule has 3 N–H and O–H groups in total. The molecule has 1 fully saturated rings. The molecule has 74 valence electrons. The summed E-state index contributed by atoms with van der Waals surface area (Å²) in [6.07, 6.45) is 0. The number of thioether (sulfide) groups is 1. The maximum absolute atomic E-state index is 5.57. The molecule has 2 aliphatic heterocycles. The Balaban J connectivity index is 1.92. The monoisotopic (exact) mass is 200 g/mol. The van der Waals surface area contributed by atoms with E-state index in [4.69, 9.17) is 5.73 Å². The van der Waals surface area contributed by atoms with Gasteiger partial charge < -0.3 is 16.0 Å². The summed E-state index contributed by atoms with van der Waals surface area (Å²) >= 11 is 1.85. The highest BCUT2D eigenvalue weighted by Crippen LogP contribution is 2.20. The number of aliphatic imine (C=N–C) groups is 1. The molecule has 0 aromatic carbocycles. The first-order chi connectivity index (χ1) is 6.40. The highest BCUT2D eigenvalue weighted by atomic mass is 32.2. The molecule has 2 aliphatic rings. The highest BCUT2D eigenvalue weighted by Gasteiger charge is 2.22. The molecular weight excluding hydrogens is 184 g/mol. The van der Waals surface area contributed by atoms with Crippen LogP contribution in [0.5, 0.6) is 0 Å². The van der Waals surface area contributed by atoms with Crippen LogP contribution in [0.25, 0.3) is 0 Å². The summed E-state index contributed by atoms with van der Waals surface area (Å²) in [6, 6.07) is 0.356. The Morgan fingerprint density at radius 1 is 1.54 bits per heavy atom. The van der Waals surface area contributed by atoms with Crippen molar-refractivity contribution >= 4 is 16.9 Å². The number of hydrogen-bond acceptors (Lipinski definition) is 5. The van der Waals surface area contributed by atoms with E-state index in [-0.39, 0.29) is 0 Å². The molecule has 0 spiro atoms. The van der Waals surface area contributed by atoms with Crippen molar-refractivity contribution in [1.29, 1.82) is 0 Å². The van der Waals surface area contributed by atoms with Crippen molar-refractivity contribution in [2.24, 2.45) is 10.7 Å². The Bertz CT molecular complexity index is 200. The van der Waals surface area contributed by atoms with E-state index in [9.17, 15) is 0 Å². The molecule has 0 aromatic rings. The van der Waals surface area contributed by atoms with Crippen LogP contribution in [0.2, 0.25) is 0 Å². The van der Waals surface area contributed by atoms with E-state index < -0.39 is 0 Å². The third-order valence-electron chi connectivity index (χ3n) is 2.36. The first kappa shape index (κ1) is 9.30. The standard InChI is InChI=1S/C8H16N4S/c9-5-7-6-13-8(11-7)12-3-1-10-2-4-12/h7,10H,1-6,9H2. The van der Waals surface area contributed by atoms with Crippen molar-refractivity contribution in [1.82, 2.24) is 10.2 Å². The zero-order valence-electron chi connectivity index (χ0n) is 7.70. The zero-order chi connectivity index (χ0) is 9.10. The zero-order valence-corrected chi connectivity index (χ0v) is 8.52. The third kappa shape index (κ3) is 2.15. The van der Waals surface area contributed by atoms with Gasteiger partial charge in [0, 0.05) is 38.5 Å². The van der Waals surface area contributed by atoms with E-state index in [1.807, 2.05) is 11.8 Å². The molecule has 0 aromatic heterocycles. The molecule has 1 atom stereocenters. The maximum atomic E-state index is 5.57. The van der Waals surface area contributed by atoms with Crippen molar-refractivity contribution < 1.29 is 0 Å². The lowest BCUT2D eigenvalue weighted by Gasteiger charge is -2.28. The lowest BCUT2D eigenvalue weighted by atomic mass is 10.3. The predicted molar refractivity (Wildman–Crippen MR) is 57.2 cm³/mol. The summed E-state index contributed by atoms with van der Waals surface area (Å²) in [7, 11) is 0.